The van der Waals surface area contributed by atoms with Crippen LogP contribution in [0, 0.1) is 6.92 Å². The lowest BCUT2D eigenvalue weighted by atomic mass is 10.1. The monoisotopic (exact) mass is 226 g/mol. The Hall–Kier alpha value is -1.17. The van der Waals surface area contributed by atoms with Gasteiger partial charge in [0.2, 0.25) is 0 Å². The first kappa shape index (κ1) is 11.3. The second kappa shape index (κ2) is 4.01. The van der Waals surface area contributed by atoms with Crippen molar-refractivity contribution >= 4 is 5.78 Å². The molecule has 0 aromatic carbocycles. The van der Waals surface area contributed by atoms with Crippen LogP contribution in [0.1, 0.15) is 34.9 Å². The molecule has 0 bridgehead atoms. The molecule has 0 saturated carbocycles. The number of hydrogen-bond acceptors (Lipinski definition) is 5. The van der Waals surface area contributed by atoms with Gasteiger partial charge in [-0.25, -0.2) is 0 Å². The number of ether oxygens (including phenoxy) is 1. The Morgan fingerprint density at radius 1 is 1.50 bits per heavy atom. The number of ketones is 1. The minimum Gasteiger partial charge on any atom is -0.463 e. The van der Waals surface area contributed by atoms with Crippen LogP contribution in [0.4, 0.5) is 0 Å². The van der Waals surface area contributed by atoms with Crippen molar-refractivity contribution < 1.29 is 24.2 Å². The summed E-state index contributed by atoms with van der Waals surface area (Å²) in [6.45, 7) is 3.20. The fourth-order valence-electron chi connectivity index (χ4n) is 1.85. The first-order valence-corrected chi connectivity index (χ1v) is 5.09. The maximum absolute atomic E-state index is 11.2. The molecule has 1 aromatic rings. The molecule has 5 heteroatoms. The van der Waals surface area contributed by atoms with Gasteiger partial charge in [-0.2, -0.15) is 0 Å². The van der Waals surface area contributed by atoms with Gasteiger partial charge in [0.1, 0.15) is 29.8 Å². The average Bonchev–Trinajstić information content (AvgIpc) is 2.73. The minimum absolute atomic E-state index is 0.0704. The first-order valence-electron chi connectivity index (χ1n) is 5.09. The van der Waals surface area contributed by atoms with Crippen LogP contribution in [0.3, 0.4) is 0 Å². The topological polar surface area (TPSA) is 79.9 Å². The van der Waals surface area contributed by atoms with Crippen molar-refractivity contribution in [3.8, 4) is 0 Å². The lowest BCUT2D eigenvalue weighted by molar-refractivity contribution is 0.0117. The predicted molar refractivity (Wildman–Crippen MR) is 54.2 cm³/mol. The average molecular weight is 226 g/mol. The molecule has 2 N–H and O–H groups in total. The highest BCUT2D eigenvalue weighted by Gasteiger charge is 2.38. The molecular formula is C11H14O5. The van der Waals surface area contributed by atoms with Crippen molar-refractivity contribution in [2.24, 2.45) is 0 Å². The Labute approximate surface area is 92.6 Å². The van der Waals surface area contributed by atoms with Crippen LogP contribution in [0.2, 0.25) is 0 Å². The molecule has 1 aromatic heterocycles. The maximum Gasteiger partial charge on any atom is 0.163 e. The lowest BCUT2D eigenvalue weighted by Crippen LogP contribution is -2.24. The summed E-state index contributed by atoms with van der Waals surface area (Å²) < 4.78 is 10.6. The number of carbonyl (C=O) groups is 1. The van der Waals surface area contributed by atoms with E-state index >= 15 is 0 Å². The molecule has 16 heavy (non-hydrogen) atoms. The highest BCUT2D eigenvalue weighted by atomic mass is 16.5. The van der Waals surface area contributed by atoms with Crippen LogP contribution in [0.15, 0.2) is 10.5 Å². The fourth-order valence-corrected chi connectivity index (χ4v) is 1.85. The minimum atomic E-state index is -1.01. The Kier molecular flexibility index (Phi) is 2.84. The highest BCUT2D eigenvalue weighted by Crippen LogP contribution is 2.32. The molecule has 1 aliphatic rings. The van der Waals surface area contributed by atoms with E-state index in [9.17, 15) is 15.0 Å². The first-order chi connectivity index (χ1) is 7.50. The molecule has 3 atom stereocenters. The molecule has 0 amide bonds. The normalized spacial score (nSPS) is 29.6. The van der Waals surface area contributed by atoms with E-state index in [1.807, 2.05) is 0 Å². The molecule has 5 nitrogen and oxygen atoms in total. The maximum atomic E-state index is 11.2. The lowest BCUT2D eigenvalue weighted by Gasteiger charge is -2.11. The quantitative estimate of drug-likeness (QED) is 0.721. The second-order valence-electron chi connectivity index (χ2n) is 3.99. The number of carbonyl (C=O) groups excluding carboxylic acids is 1. The third-order valence-electron chi connectivity index (χ3n) is 2.75. The third-order valence-corrected chi connectivity index (χ3v) is 2.75. The van der Waals surface area contributed by atoms with Gasteiger partial charge in [-0.15, -0.1) is 0 Å². The van der Waals surface area contributed by atoms with Gasteiger partial charge in [-0.3, -0.25) is 4.79 Å². The van der Waals surface area contributed by atoms with E-state index in [2.05, 4.69) is 0 Å². The summed E-state index contributed by atoms with van der Waals surface area (Å²) in [5.74, 6) is 0.784. The zero-order chi connectivity index (χ0) is 11.9. The molecule has 0 aliphatic carbocycles. The van der Waals surface area contributed by atoms with E-state index in [4.69, 9.17) is 9.15 Å². The van der Waals surface area contributed by atoms with E-state index < -0.39 is 18.3 Å². The molecule has 1 fully saturated rings. The predicted octanol–water partition coefficient (Wildman–Crippen LogP) is 0.584. The molecule has 0 radical (unpaired) electrons. The summed E-state index contributed by atoms with van der Waals surface area (Å²) in [6.07, 6.45) is -2.61. The van der Waals surface area contributed by atoms with Gasteiger partial charge >= 0.3 is 0 Å². The molecule has 0 spiro atoms. The Morgan fingerprint density at radius 2 is 2.19 bits per heavy atom. The number of aryl methyl sites for hydroxylation is 1. The zero-order valence-electron chi connectivity index (χ0n) is 9.14. The number of aliphatic hydroxyl groups is 2. The highest BCUT2D eigenvalue weighted by molar-refractivity contribution is 5.95. The van der Waals surface area contributed by atoms with Crippen LogP contribution >= 0.6 is 0 Å². The fraction of sp³-hybridized carbons (Fsp3) is 0.545. The molecule has 88 valence electrons. The van der Waals surface area contributed by atoms with Crippen LogP contribution in [-0.2, 0) is 4.74 Å². The summed E-state index contributed by atoms with van der Waals surface area (Å²) in [6, 6.07) is 1.56. The summed E-state index contributed by atoms with van der Waals surface area (Å²) in [5, 5.41) is 19.0. The zero-order valence-corrected chi connectivity index (χ0v) is 9.14. The van der Waals surface area contributed by atoms with Crippen LogP contribution in [0.5, 0.6) is 0 Å². The van der Waals surface area contributed by atoms with Crippen LogP contribution < -0.4 is 0 Å². The van der Waals surface area contributed by atoms with Crippen molar-refractivity contribution in [3.63, 3.8) is 0 Å². The molecule has 2 heterocycles. The molecule has 1 saturated heterocycles. The summed E-state index contributed by atoms with van der Waals surface area (Å²) >= 11 is 0. The van der Waals surface area contributed by atoms with Gasteiger partial charge in [-0.05, 0) is 19.9 Å². The van der Waals surface area contributed by atoms with Gasteiger partial charge < -0.3 is 19.4 Å². The Balaban J connectivity index is 2.28. The van der Waals surface area contributed by atoms with E-state index in [1.165, 1.54) is 6.92 Å². The van der Waals surface area contributed by atoms with Crippen LogP contribution in [0.25, 0.3) is 0 Å². The van der Waals surface area contributed by atoms with E-state index in [1.54, 1.807) is 13.0 Å². The molecule has 2 rings (SSSR count). The largest absolute Gasteiger partial charge is 0.463 e. The number of rotatable bonds is 2. The van der Waals surface area contributed by atoms with Crippen molar-refractivity contribution in [2.75, 3.05) is 6.61 Å². The van der Waals surface area contributed by atoms with Gasteiger partial charge in [0.05, 0.1) is 12.2 Å². The van der Waals surface area contributed by atoms with E-state index in [-0.39, 0.29) is 12.4 Å². The summed E-state index contributed by atoms with van der Waals surface area (Å²) in [5.41, 5.74) is 0.479. The summed E-state index contributed by atoms with van der Waals surface area (Å²) in [4.78, 5) is 11.2. The third kappa shape index (κ3) is 1.77. The molecule has 1 aliphatic heterocycles. The number of hydrogen-bond donors (Lipinski definition) is 2. The van der Waals surface area contributed by atoms with Crippen molar-refractivity contribution in [1.82, 2.24) is 0 Å². The van der Waals surface area contributed by atoms with Gasteiger partial charge in [-0.1, -0.05) is 0 Å². The number of furan rings is 1. The van der Waals surface area contributed by atoms with E-state index in [0.717, 1.165) is 0 Å². The Bertz CT molecular complexity index is 409. The number of Topliss-reactive ketones (excluding diaryl/α,β-unsaturated/α-hetero) is 1. The molecular weight excluding hydrogens is 212 g/mol. The standard InChI is InChI=1S/C11H14O5/c1-5(12)7-3-9(16-6(7)2)11-10(14)8(13)4-15-11/h3,8,10-11,13-14H,4H2,1-2H3/t8-,10+,11?/m1/s1. The number of aliphatic hydroxyl groups excluding tert-OH is 2. The van der Waals surface area contributed by atoms with Gasteiger partial charge in [0.15, 0.2) is 5.78 Å². The summed E-state index contributed by atoms with van der Waals surface area (Å²) in [7, 11) is 0. The van der Waals surface area contributed by atoms with Crippen molar-refractivity contribution in [2.45, 2.75) is 32.2 Å². The van der Waals surface area contributed by atoms with Crippen molar-refractivity contribution in [3.05, 3.63) is 23.2 Å². The second-order valence-corrected chi connectivity index (χ2v) is 3.99. The van der Waals surface area contributed by atoms with Gasteiger partial charge in [0, 0.05) is 0 Å². The van der Waals surface area contributed by atoms with Crippen molar-refractivity contribution in [1.29, 1.82) is 0 Å². The van der Waals surface area contributed by atoms with Crippen LogP contribution in [-0.4, -0.2) is 34.8 Å². The van der Waals surface area contributed by atoms with E-state index in [0.29, 0.717) is 17.1 Å². The Morgan fingerprint density at radius 3 is 2.62 bits per heavy atom. The SMILES string of the molecule is CC(=O)c1cc(C2OC[C@@H](O)[C@@H]2O)oc1C. The van der Waals surface area contributed by atoms with Gasteiger partial charge in [0.25, 0.3) is 0 Å². The smallest absolute Gasteiger partial charge is 0.163 e. The molecule has 1 unspecified atom stereocenters.